The number of allylic oxidation sites excluding steroid dienone is 3. The summed E-state index contributed by atoms with van der Waals surface area (Å²) in [7, 11) is 3.49. The molecule has 0 saturated carbocycles. The molecule has 5 rings (SSSR count). The summed E-state index contributed by atoms with van der Waals surface area (Å²) in [5.41, 5.74) is 10.3. The van der Waals surface area contributed by atoms with E-state index in [9.17, 15) is 5.26 Å². The van der Waals surface area contributed by atoms with Crippen molar-refractivity contribution in [3.63, 3.8) is 0 Å². The summed E-state index contributed by atoms with van der Waals surface area (Å²) in [6, 6.07) is 25.5. The molecule has 0 bridgehead atoms. The van der Waals surface area contributed by atoms with Crippen molar-refractivity contribution in [2.24, 2.45) is 0 Å². The number of pyridine rings is 1. The SMILES string of the molecule is C=C(Cc1ccccc1-c1ccc(-c2csc3c2C(C)=C(C#N)C(=C)N3)cc1)NCCSSc1ccccn1. The minimum Gasteiger partial charge on any atom is -0.388 e. The number of nitrogens with one attached hydrogen (secondary N) is 2. The van der Waals surface area contributed by atoms with Crippen molar-refractivity contribution in [3.8, 4) is 28.3 Å². The summed E-state index contributed by atoms with van der Waals surface area (Å²) in [5, 5.41) is 20.6. The van der Waals surface area contributed by atoms with Gasteiger partial charge in [-0.15, -0.1) is 11.3 Å². The van der Waals surface area contributed by atoms with Gasteiger partial charge < -0.3 is 10.6 Å². The number of nitrogens with zero attached hydrogens (tertiary/aromatic N) is 2. The van der Waals surface area contributed by atoms with Crippen LogP contribution in [0.1, 0.15) is 18.1 Å². The molecular weight excluding hydrogens is 537 g/mol. The molecule has 0 fully saturated rings. The molecule has 2 aromatic carbocycles. The van der Waals surface area contributed by atoms with Crippen molar-refractivity contribution in [2.45, 2.75) is 18.4 Å². The minimum atomic E-state index is 0.618. The number of hydrogen-bond acceptors (Lipinski definition) is 7. The normalized spacial score (nSPS) is 12.5. The first-order chi connectivity index (χ1) is 19.0. The van der Waals surface area contributed by atoms with Gasteiger partial charge >= 0.3 is 0 Å². The van der Waals surface area contributed by atoms with Crippen molar-refractivity contribution in [2.75, 3.05) is 17.6 Å². The lowest BCUT2D eigenvalue weighted by atomic mass is 9.91. The van der Waals surface area contributed by atoms with Crippen LogP contribution < -0.4 is 10.6 Å². The maximum atomic E-state index is 9.60. The van der Waals surface area contributed by atoms with Crippen LogP contribution in [0.15, 0.2) is 113 Å². The zero-order chi connectivity index (χ0) is 27.2. The van der Waals surface area contributed by atoms with Gasteiger partial charge in [0.2, 0.25) is 0 Å². The Morgan fingerprint density at radius 2 is 1.79 bits per heavy atom. The van der Waals surface area contributed by atoms with Gasteiger partial charge in [0.1, 0.15) is 16.1 Å². The Morgan fingerprint density at radius 1 is 1.05 bits per heavy atom. The van der Waals surface area contributed by atoms with Gasteiger partial charge in [0.25, 0.3) is 0 Å². The van der Waals surface area contributed by atoms with E-state index in [1.807, 2.05) is 31.3 Å². The molecule has 3 heterocycles. The number of hydrogen-bond donors (Lipinski definition) is 2. The summed E-state index contributed by atoms with van der Waals surface area (Å²) in [6.07, 6.45) is 2.59. The second kappa shape index (κ2) is 12.4. The Bertz CT molecular complexity index is 1580. The van der Waals surface area contributed by atoms with Crippen molar-refractivity contribution in [1.29, 1.82) is 5.26 Å². The van der Waals surface area contributed by atoms with Gasteiger partial charge in [-0.05, 0) is 57.7 Å². The Morgan fingerprint density at radius 3 is 2.54 bits per heavy atom. The standard InChI is InChI=1S/C32H28N4S3/c1-21(34-16-17-38-39-30-10-6-7-15-35-30)18-26-8-4-5-9-27(26)24-11-13-25(14-12-24)29-20-37-32-31(29)22(2)28(19-33)23(3)36-32/h4-15,20,34,36H,1,3,16-18H2,2H3. The number of rotatable bonds is 10. The van der Waals surface area contributed by atoms with E-state index in [0.29, 0.717) is 11.3 Å². The third-order valence-corrected chi connectivity index (χ3v) is 9.65. The molecule has 2 aromatic heterocycles. The molecule has 0 unspecified atom stereocenters. The summed E-state index contributed by atoms with van der Waals surface area (Å²) in [5.74, 6) is 0.962. The molecular formula is C32H28N4S3. The van der Waals surface area contributed by atoms with Crippen molar-refractivity contribution < 1.29 is 0 Å². The molecule has 0 atom stereocenters. The average Bonchev–Trinajstić information content (AvgIpc) is 3.38. The lowest BCUT2D eigenvalue weighted by molar-refractivity contribution is 0.831. The fraction of sp³-hybridized carbons (Fsp3) is 0.125. The summed E-state index contributed by atoms with van der Waals surface area (Å²) in [6.45, 7) is 11.1. The highest BCUT2D eigenvalue weighted by Gasteiger charge is 2.24. The van der Waals surface area contributed by atoms with E-state index in [4.69, 9.17) is 0 Å². The highest BCUT2D eigenvalue weighted by molar-refractivity contribution is 8.76. The summed E-state index contributed by atoms with van der Waals surface area (Å²) >= 11 is 1.65. The van der Waals surface area contributed by atoms with Crippen LogP contribution in [-0.2, 0) is 6.42 Å². The molecule has 1 aliphatic heterocycles. The largest absolute Gasteiger partial charge is 0.388 e. The number of benzene rings is 2. The first-order valence-electron chi connectivity index (χ1n) is 12.5. The Kier molecular flexibility index (Phi) is 8.58. The van der Waals surface area contributed by atoms with Gasteiger partial charge in [0, 0.05) is 47.1 Å². The van der Waals surface area contributed by atoms with Gasteiger partial charge in [-0.2, -0.15) is 5.26 Å². The van der Waals surface area contributed by atoms with Gasteiger partial charge in [-0.1, -0.05) is 78.5 Å². The first-order valence-corrected chi connectivity index (χ1v) is 15.7. The van der Waals surface area contributed by atoms with Crippen LogP contribution in [0, 0.1) is 11.3 Å². The Labute approximate surface area is 242 Å². The van der Waals surface area contributed by atoms with Gasteiger partial charge in [-0.3, -0.25) is 0 Å². The molecule has 0 spiro atoms. The lowest BCUT2D eigenvalue weighted by Gasteiger charge is -2.19. The van der Waals surface area contributed by atoms with Crippen LogP contribution in [0.25, 0.3) is 27.8 Å². The van der Waals surface area contributed by atoms with Crippen molar-refractivity contribution in [1.82, 2.24) is 10.3 Å². The van der Waals surface area contributed by atoms with E-state index >= 15 is 0 Å². The smallest absolute Gasteiger partial charge is 0.106 e. The van der Waals surface area contributed by atoms with Crippen LogP contribution in [-0.4, -0.2) is 17.3 Å². The van der Waals surface area contributed by atoms with Gasteiger partial charge in [-0.25, -0.2) is 4.98 Å². The van der Waals surface area contributed by atoms with E-state index in [0.717, 1.165) is 56.7 Å². The third kappa shape index (κ3) is 6.15. The summed E-state index contributed by atoms with van der Waals surface area (Å²) < 4.78 is 0. The predicted molar refractivity (Wildman–Crippen MR) is 170 cm³/mol. The molecule has 4 nitrogen and oxygen atoms in total. The van der Waals surface area contributed by atoms with E-state index in [1.54, 1.807) is 32.9 Å². The van der Waals surface area contributed by atoms with Crippen LogP contribution in [0.5, 0.6) is 0 Å². The molecule has 4 aromatic rings. The molecule has 0 radical (unpaired) electrons. The topological polar surface area (TPSA) is 60.7 Å². The number of thiophene rings is 1. The molecule has 1 aliphatic rings. The number of fused-ring (bicyclic) bond motifs is 1. The Balaban J connectivity index is 1.25. The highest BCUT2D eigenvalue weighted by Crippen LogP contribution is 2.45. The number of nitriles is 1. The second-order valence-corrected chi connectivity index (χ2v) is 12.4. The van der Waals surface area contributed by atoms with E-state index < -0.39 is 0 Å². The molecule has 0 aliphatic carbocycles. The molecule has 39 heavy (non-hydrogen) atoms. The van der Waals surface area contributed by atoms with Crippen LogP contribution in [0.2, 0.25) is 0 Å². The van der Waals surface area contributed by atoms with Crippen molar-refractivity contribution in [3.05, 3.63) is 120 Å². The highest BCUT2D eigenvalue weighted by atomic mass is 33.1. The molecule has 0 amide bonds. The third-order valence-electron chi connectivity index (χ3n) is 6.49. The van der Waals surface area contributed by atoms with E-state index in [2.05, 4.69) is 88.8 Å². The summed E-state index contributed by atoms with van der Waals surface area (Å²) in [4.78, 5) is 4.34. The van der Waals surface area contributed by atoms with Crippen LogP contribution in [0.3, 0.4) is 0 Å². The maximum Gasteiger partial charge on any atom is 0.106 e. The van der Waals surface area contributed by atoms with Gasteiger partial charge in [0.15, 0.2) is 0 Å². The first kappa shape index (κ1) is 26.9. The number of aromatic nitrogens is 1. The second-order valence-electron chi connectivity index (χ2n) is 9.08. The fourth-order valence-corrected chi connectivity index (χ4v) is 7.42. The minimum absolute atomic E-state index is 0.618. The van der Waals surface area contributed by atoms with E-state index in [1.165, 1.54) is 16.7 Å². The maximum absolute atomic E-state index is 9.60. The van der Waals surface area contributed by atoms with E-state index in [-0.39, 0.29) is 0 Å². The molecule has 2 N–H and O–H groups in total. The monoisotopic (exact) mass is 564 g/mol. The molecule has 7 heteroatoms. The van der Waals surface area contributed by atoms with Gasteiger partial charge in [0.05, 0.1) is 11.3 Å². The quantitative estimate of drug-likeness (QED) is 0.148. The Hall–Kier alpha value is -3.70. The van der Waals surface area contributed by atoms with Crippen molar-refractivity contribution >= 4 is 43.5 Å². The van der Waals surface area contributed by atoms with Crippen LogP contribution >= 0.6 is 32.9 Å². The fourth-order valence-electron chi connectivity index (χ4n) is 4.58. The zero-order valence-corrected chi connectivity index (χ0v) is 24.1. The predicted octanol–water partition coefficient (Wildman–Crippen LogP) is 8.80. The average molecular weight is 565 g/mol. The number of anilines is 1. The van der Waals surface area contributed by atoms with Crippen LogP contribution in [0.4, 0.5) is 5.00 Å². The lowest BCUT2D eigenvalue weighted by Crippen LogP contribution is -2.17. The molecule has 194 valence electrons. The molecule has 0 saturated heterocycles. The zero-order valence-electron chi connectivity index (χ0n) is 21.7.